The average molecular weight is 418 g/mol. The van der Waals surface area contributed by atoms with Gasteiger partial charge >= 0.3 is 0 Å². The van der Waals surface area contributed by atoms with Crippen LogP contribution in [-0.4, -0.2) is 51.8 Å². The minimum absolute atomic E-state index is 0.0395. The van der Waals surface area contributed by atoms with E-state index in [9.17, 15) is 13.6 Å². The Balaban J connectivity index is 1.69. The minimum Gasteiger partial charge on any atom is -0.496 e. The number of nitrogens with one attached hydrogen (secondary N) is 1. The molecule has 2 aromatic carbocycles. The van der Waals surface area contributed by atoms with E-state index in [-0.39, 0.29) is 18.1 Å². The number of carbonyl (C=O) groups is 1. The van der Waals surface area contributed by atoms with Crippen molar-refractivity contribution in [1.82, 2.24) is 4.90 Å². The normalized spacial score (nSPS) is 14.1. The molecule has 160 valence electrons. The van der Waals surface area contributed by atoms with E-state index < -0.39 is 11.6 Å². The number of anilines is 1. The van der Waals surface area contributed by atoms with Crippen molar-refractivity contribution in [2.24, 2.45) is 0 Å². The van der Waals surface area contributed by atoms with E-state index >= 15 is 0 Å². The highest BCUT2D eigenvalue weighted by Gasteiger charge is 2.22. The Kier molecular flexibility index (Phi) is 6.89. The zero-order chi connectivity index (χ0) is 21.7. The third kappa shape index (κ3) is 4.88. The highest BCUT2D eigenvalue weighted by molar-refractivity contribution is 5.92. The summed E-state index contributed by atoms with van der Waals surface area (Å²) in [6.07, 6.45) is 2.69. The maximum atomic E-state index is 13.7. The van der Waals surface area contributed by atoms with E-state index in [1.165, 1.54) is 6.07 Å². The van der Waals surface area contributed by atoms with Crippen molar-refractivity contribution in [2.75, 3.05) is 46.3 Å². The van der Waals surface area contributed by atoms with Crippen LogP contribution < -0.4 is 19.5 Å². The van der Waals surface area contributed by atoms with Crippen LogP contribution in [0.2, 0.25) is 0 Å². The Labute approximate surface area is 174 Å². The van der Waals surface area contributed by atoms with Crippen molar-refractivity contribution in [3.05, 3.63) is 53.6 Å². The van der Waals surface area contributed by atoms with Crippen LogP contribution in [0.3, 0.4) is 0 Å². The molecule has 8 heteroatoms. The summed E-state index contributed by atoms with van der Waals surface area (Å²) in [6.45, 7) is 1.26. The largest absolute Gasteiger partial charge is 0.496 e. The first kappa shape index (κ1) is 21.6. The SMILES string of the molecule is COc1cc(OC)c(C2=CCN(CC(=O)Nc3ccc(F)cc3F)CC2)c(OC)c1. The summed E-state index contributed by atoms with van der Waals surface area (Å²) in [5.74, 6) is 0.0736. The van der Waals surface area contributed by atoms with Crippen LogP contribution in [0, 0.1) is 11.6 Å². The van der Waals surface area contributed by atoms with Gasteiger partial charge in [0.15, 0.2) is 0 Å². The summed E-state index contributed by atoms with van der Waals surface area (Å²) >= 11 is 0. The van der Waals surface area contributed by atoms with Crippen LogP contribution in [-0.2, 0) is 4.79 Å². The molecule has 0 saturated carbocycles. The molecule has 6 nitrogen and oxygen atoms in total. The Morgan fingerprint density at radius 1 is 1.07 bits per heavy atom. The lowest BCUT2D eigenvalue weighted by Crippen LogP contribution is -2.36. The second-order valence-electron chi connectivity index (χ2n) is 6.79. The highest BCUT2D eigenvalue weighted by Crippen LogP contribution is 2.40. The second-order valence-corrected chi connectivity index (χ2v) is 6.79. The highest BCUT2D eigenvalue weighted by atomic mass is 19.1. The molecule has 0 atom stereocenters. The Morgan fingerprint density at radius 2 is 1.77 bits per heavy atom. The van der Waals surface area contributed by atoms with Crippen LogP contribution in [0.1, 0.15) is 12.0 Å². The van der Waals surface area contributed by atoms with E-state index in [0.29, 0.717) is 36.8 Å². The minimum atomic E-state index is -0.803. The molecule has 3 rings (SSSR count). The Hall–Kier alpha value is -3.13. The predicted octanol–water partition coefficient (Wildman–Crippen LogP) is 3.72. The number of hydrogen-bond acceptors (Lipinski definition) is 5. The molecule has 2 aromatic rings. The molecule has 1 aliphatic heterocycles. The molecule has 0 fully saturated rings. The van der Waals surface area contributed by atoms with Crippen LogP contribution in [0.4, 0.5) is 14.5 Å². The fourth-order valence-corrected chi connectivity index (χ4v) is 3.39. The average Bonchev–Trinajstić information content (AvgIpc) is 2.75. The molecule has 0 aromatic heterocycles. The number of nitrogens with zero attached hydrogens (tertiary/aromatic N) is 1. The molecule has 0 saturated heterocycles. The summed E-state index contributed by atoms with van der Waals surface area (Å²) in [5, 5.41) is 2.48. The van der Waals surface area contributed by atoms with Gasteiger partial charge in [-0.15, -0.1) is 0 Å². The summed E-state index contributed by atoms with van der Waals surface area (Å²) < 4.78 is 43.0. The smallest absolute Gasteiger partial charge is 0.238 e. The predicted molar refractivity (Wildman–Crippen MR) is 110 cm³/mol. The van der Waals surface area contributed by atoms with Gasteiger partial charge in [0.25, 0.3) is 0 Å². The van der Waals surface area contributed by atoms with Crippen molar-refractivity contribution in [1.29, 1.82) is 0 Å². The first-order chi connectivity index (χ1) is 14.4. The lowest BCUT2D eigenvalue weighted by molar-refractivity contribution is -0.117. The maximum absolute atomic E-state index is 13.7. The van der Waals surface area contributed by atoms with Crippen molar-refractivity contribution in [3.63, 3.8) is 0 Å². The lowest BCUT2D eigenvalue weighted by atomic mass is 9.97. The van der Waals surface area contributed by atoms with Gasteiger partial charge in [-0.2, -0.15) is 0 Å². The third-order valence-corrected chi connectivity index (χ3v) is 4.90. The molecule has 0 radical (unpaired) electrons. The molecule has 0 aliphatic carbocycles. The number of ether oxygens (including phenoxy) is 3. The molecule has 30 heavy (non-hydrogen) atoms. The standard InChI is InChI=1S/C22H24F2N2O4/c1-28-16-11-19(29-2)22(20(12-16)30-3)14-6-8-26(9-7-14)13-21(27)25-18-5-4-15(23)10-17(18)24/h4-6,10-12H,7-9,13H2,1-3H3,(H,25,27). The number of benzene rings is 2. The van der Waals surface area contributed by atoms with Crippen molar-refractivity contribution < 1.29 is 27.8 Å². The maximum Gasteiger partial charge on any atom is 0.238 e. The van der Waals surface area contributed by atoms with Crippen LogP contribution in [0.25, 0.3) is 5.57 Å². The molecule has 1 N–H and O–H groups in total. The van der Waals surface area contributed by atoms with Crippen LogP contribution in [0.15, 0.2) is 36.4 Å². The monoisotopic (exact) mass is 418 g/mol. The molecule has 0 spiro atoms. The quantitative estimate of drug-likeness (QED) is 0.743. The number of carbonyl (C=O) groups excluding carboxylic acids is 1. The molecule has 0 bridgehead atoms. The summed E-state index contributed by atoms with van der Waals surface area (Å²) in [7, 11) is 4.76. The van der Waals surface area contributed by atoms with Crippen molar-refractivity contribution in [2.45, 2.75) is 6.42 Å². The number of hydrogen-bond donors (Lipinski definition) is 1. The zero-order valence-electron chi connectivity index (χ0n) is 17.1. The van der Waals surface area contributed by atoms with E-state index in [1.807, 2.05) is 11.0 Å². The molecule has 0 unspecified atom stereocenters. The Bertz CT molecular complexity index is 937. The van der Waals surface area contributed by atoms with Crippen LogP contribution >= 0.6 is 0 Å². The van der Waals surface area contributed by atoms with Gasteiger partial charge in [-0.3, -0.25) is 9.69 Å². The first-order valence-corrected chi connectivity index (χ1v) is 9.41. The Morgan fingerprint density at radius 3 is 2.30 bits per heavy atom. The number of rotatable bonds is 7. The molecular weight excluding hydrogens is 394 g/mol. The van der Waals surface area contributed by atoms with E-state index in [2.05, 4.69) is 5.32 Å². The van der Waals surface area contributed by atoms with Gasteiger partial charge in [-0.25, -0.2) is 8.78 Å². The van der Waals surface area contributed by atoms with Gasteiger partial charge < -0.3 is 19.5 Å². The van der Waals surface area contributed by atoms with Gasteiger partial charge in [-0.1, -0.05) is 6.08 Å². The van der Waals surface area contributed by atoms with E-state index in [1.54, 1.807) is 33.5 Å². The van der Waals surface area contributed by atoms with Gasteiger partial charge in [0, 0.05) is 31.3 Å². The van der Waals surface area contributed by atoms with E-state index in [0.717, 1.165) is 23.3 Å². The van der Waals surface area contributed by atoms with Crippen LogP contribution in [0.5, 0.6) is 17.2 Å². The second kappa shape index (κ2) is 9.58. The fourth-order valence-electron chi connectivity index (χ4n) is 3.39. The van der Waals surface area contributed by atoms with Gasteiger partial charge in [0.1, 0.15) is 28.9 Å². The van der Waals surface area contributed by atoms with Crippen molar-refractivity contribution in [3.8, 4) is 17.2 Å². The summed E-state index contributed by atoms with van der Waals surface area (Å²) in [6, 6.07) is 6.65. The van der Waals surface area contributed by atoms with Gasteiger partial charge in [0.2, 0.25) is 5.91 Å². The zero-order valence-corrected chi connectivity index (χ0v) is 17.1. The summed E-state index contributed by atoms with van der Waals surface area (Å²) in [4.78, 5) is 14.2. The van der Waals surface area contributed by atoms with Gasteiger partial charge in [0.05, 0.1) is 39.1 Å². The number of halogens is 2. The molecular formula is C22H24F2N2O4. The van der Waals surface area contributed by atoms with Crippen molar-refractivity contribution >= 4 is 17.2 Å². The third-order valence-electron chi connectivity index (χ3n) is 4.90. The number of amides is 1. The summed E-state index contributed by atoms with van der Waals surface area (Å²) in [5.41, 5.74) is 1.87. The molecule has 1 heterocycles. The lowest BCUT2D eigenvalue weighted by Gasteiger charge is -2.27. The molecule has 1 amide bonds. The first-order valence-electron chi connectivity index (χ1n) is 9.41. The number of methoxy groups -OCH3 is 3. The van der Waals surface area contributed by atoms with Gasteiger partial charge in [-0.05, 0) is 24.1 Å². The topological polar surface area (TPSA) is 60.0 Å². The fraction of sp³-hybridized carbons (Fsp3) is 0.318. The molecule has 1 aliphatic rings. The van der Waals surface area contributed by atoms with E-state index in [4.69, 9.17) is 14.2 Å².